The van der Waals surface area contributed by atoms with Crippen molar-refractivity contribution in [1.29, 1.82) is 5.26 Å². The molecule has 0 radical (unpaired) electrons. The lowest BCUT2D eigenvalue weighted by Crippen LogP contribution is -2.46. The Hall–Kier alpha value is -4.30. The molecule has 1 aliphatic rings. The maximum Gasteiger partial charge on any atom is 0.141 e. The van der Waals surface area contributed by atoms with Crippen LogP contribution in [0.25, 0.3) is 10.9 Å². The highest BCUT2D eigenvalue weighted by atomic mass is 35.5. The van der Waals surface area contributed by atoms with Crippen LogP contribution in [0.5, 0.6) is 0 Å². The number of pyridine rings is 2. The first kappa shape index (κ1) is 31.7. The predicted molar refractivity (Wildman–Crippen MR) is 180 cm³/mol. The van der Waals surface area contributed by atoms with Crippen molar-refractivity contribution in [2.24, 2.45) is 0 Å². The number of likely N-dealkylation sites (tertiary alicyclic amines) is 1. The molecule has 46 heavy (non-hydrogen) atoms. The monoisotopic (exact) mass is 657 g/mol. The van der Waals surface area contributed by atoms with Gasteiger partial charge in [-0.1, -0.05) is 34.5 Å². The molecule has 0 amide bonds. The summed E-state index contributed by atoms with van der Waals surface area (Å²) in [6, 6.07) is 13.9. The van der Waals surface area contributed by atoms with Crippen molar-refractivity contribution < 1.29 is 4.39 Å². The third-order valence-electron chi connectivity index (χ3n) is 8.52. The van der Waals surface area contributed by atoms with Gasteiger partial charge in [-0.05, 0) is 76.9 Å². The Kier molecular flexibility index (Phi) is 8.84. The number of rotatable bonds is 7. The maximum absolute atomic E-state index is 13.9. The summed E-state index contributed by atoms with van der Waals surface area (Å²) in [5.74, 6) is -0.536. The molecule has 236 valence electrons. The number of nitrogens with one attached hydrogen (secondary N) is 2. The number of aryl methyl sites for hydroxylation is 1. The van der Waals surface area contributed by atoms with E-state index < -0.39 is 11.9 Å². The van der Waals surface area contributed by atoms with Gasteiger partial charge in [-0.15, -0.1) is 5.10 Å². The quantitative estimate of drug-likeness (QED) is 0.180. The SMILES string of the molecule is Cc1ncccc1[C@H](Nc1cc(Cl)c2ncc(C#N)c(Nc3ccc(F)c(Cl)c3)c2c1)c1cn(C2CCN(C(C)(C)C)CC2)nn1. The van der Waals surface area contributed by atoms with Crippen molar-refractivity contribution in [3.8, 4) is 6.07 Å². The first-order chi connectivity index (χ1) is 22.0. The van der Waals surface area contributed by atoms with Crippen LogP contribution in [0.4, 0.5) is 21.5 Å². The van der Waals surface area contributed by atoms with Crippen LogP contribution in [0, 0.1) is 24.1 Å². The van der Waals surface area contributed by atoms with Crippen molar-refractivity contribution in [3.63, 3.8) is 0 Å². The van der Waals surface area contributed by atoms with Crippen molar-refractivity contribution >= 4 is 51.2 Å². The van der Waals surface area contributed by atoms with Crippen LogP contribution in [0.1, 0.15) is 68.2 Å². The van der Waals surface area contributed by atoms with E-state index in [1.54, 1.807) is 18.3 Å². The van der Waals surface area contributed by atoms with E-state index in [9.17, 15) is 9.65 Å². The number of benzene rings is 2. The molecule has 0 saturated carbocycles. The molecule has 2 aromatic carbocycles. The number of nitrogens with zero attached hydrogens (tertiary/aromatic N) is 7. The summed E-state index contributed by atoms with van der Waals surface area (Å²) in [7, 11) is 0. The largest absolute Gasteiger partial charge is 0.373 e. The van der Waals surface area contributed by atoms with Gasteiger partial charge in [-0.2, -0.15) is 5.26 Å². The molecule has 3 aromatic heterocycles. The van der Waals surface area contributed by atoms with Gasteiger partial charge in [0.25, 0.3) is 0 Å². The lowest BCUT2D eigenvalue weighted by molar-refractivity contribution is 0.0866. The Bertz CT molecular complexity index is 1940. The Labute approximate surface area is 277 Å². The number of fused-ring (bicyclic) bond motifs is 1. The lowest BCUT2D eigenvalue weighted by Gasteiger charge is -2.40. The number of anilines is 3. The summed E-state index contributed by atoms with van der Waals surface area (Å²) in [5, 5.41) is 27.0. The van der Waals surface area contributed by atoms with Gasteiger partial charge in [-0.25, -0.2) is 9.07 Å². The standard InChI is InChI=1S/C34H34Cl2FN9/c1-20-25(6-5-11-39-20)33(30-19-46(44-43-30)24-9-12-45(13-10-24)34(2,3)4)42-23-14-26-31(41-22-7-8-29(37)27(35)15-22)21(17-38)18-40-32(26)28(36)16-23/h5-8,11,14-16,18-19,24,33,42H,9-10,12-13H2,1-4H3,(H,40,41)/t33-/m0/s1. The van der Waals surface area contributed by atoms with Crippen LogP contribution in [-0.2, 0) is 0 Å². The normalized spacial score (nSPS) is 15.1. The second-order valence-electron chi connectivity index (χ2n) is 12.5. The van der Waals surface area contributed by atoms with E-state index in [0.29, 0.717) is 38.6 Å². The van der Waals surface area contributed by atoms with Gasteiger partial charge in [0.15, 0.2) is 0 Å². The van der Waals surface area contributed by atoms with Gasteiger partial charge in [-0.3, -0.25) is 14.9 Å². The predicted octanol–water partition coefficient (Wildman–Crippen LogP) is 8.23. The van der Waals surface area contributed by atoms with Gasteiger partial charge in [0, 0.05) is 59.0 Å². The van der Waals surface area contributed by atoms with E-state index in [1.165, 1.54) is 18.3 Å². The topological polar surface area (TPSA) is 108 Å². The number of halogens is 3. The third-order valence-corrected chi connectivity index (χ3v) is 9.09. The zero-order valence-corrected chi connectivity index (χ0v) is 27.5. The average molecular weight is 659 g/mol. The van der Waals surface area contributed by atoms with Gasteiger partial charge < -0.3 is 10.6 Å². The van der Waals surface area contributed by atoms with Crippen LogP contribution in [0.15, 0.2) is 61.1 Å². The van der Waals surface area contributed by atoms with Gasteiger partial charge in [0.05, 0.1) is 45.1 Å². The number of hydrogen-bond acceptors (Lipinski definition) is 8. The molecule has 2 N–H and O–H groups in total. The molecule has 0 bridgehead atoms. The van der Waals surface area contributed by atoms with Crippen LogP contribution in [0.2, 0.25) is 10.0 Å². The lowest BCUT2D eigenvalue weighted by atomic mass is 9.98. The molecule has 12 heteroatoms. The Morgan fingerprint density at radius 1 is 1.04 bits per heavy atom. The molecule has 1 saturated heterocycles. The van der Waals surface area contributed by atoms with E-state index in [1.807, 2.05) is 36.0 Å². The van der Waals surface area contributed by atoms with Crippen molar-refractivity contribution in [2.75, 3.05) is 23.7 Å². The van der Waals surface area contributed by atoms with Crippen LogP contribution < -0.4 is 10.6 Å². The molecular weight excluding hydrogens is 624 g/mol. The Morgan fingerprint density at radius 3 is 2.50 bits per heavy atom. The summed E-state index contributed by atoms with van der Waals surface area (Å²) in [6.45, 7) is 10.7. The summed E-state index contributed by atoms with van der Waals surface area (Å²) in [5.41, 5.74) is 5.13. The van der Waals surface area contributed by atoms with Crippen LogP contribution in [-0.4, -0.2) is 48.5 Å². The van der Waals surface area contributed by atoms with Crippen molar-refractivity contribution in [2.45, 2.75) is 58.2 Å². The minimum absolute atomic E-state index is 0.0373. The molecule has 0 unspecified atom stereocenters. The second-order valence-corrected chi connectivity index (χ2v) is 13.3. The number of nitriles is 1. The van der Waals surface area contributed by atoms with E-state index in [-0.39, 0.29) is 16.6 Å². The molecule has 0 spiro atoms. The van der Waals surface area contributed by atoms with E-state index in [0.717, 1.165) is 42.9 Å². The van der Waals surface area contributed by atoms with E-state index in [2.05, 4.69) is 62.7 Å². The molecule has 4 heterocycles. The maximum atomic E-state index is 13.9. The minimum Gasteiger partial charge on any atom is -0.373 e. The molecule has 1 fully saturated rings. The highest BCUT2D eigenvalue weighted by molar-refractivity contribution is 6.36. The molecule has 6 rings (SSSR count). The Morgan fingerprint density at radius 2 is 1.80 bits per heavy atom. The molecule has 1 aliphatic heterocycles. The summed E-state index contributed by atoms with van der Waals surface area (Å²) in [4.78, 5) is 11.5. The molecule has 5 aromatic rings. The van der Waals surface area contributed by atoms with Crippen molar-refractivity contribution in [3.05, 3.63) is 99.4 Å². The van der Waals surface area contributed by atoms with Gasteiger partial charge >= 0.3 is 0 Å². The number of piperidine rings is 1. The first-order valence-electron chi connectivity index (χ1n) is 15.1. The summed E-state index contributed by atoms with van der Waals surface area (Å²) in [6.07, 6.45) is 7.23. The fraction of sp³-hybridized carbons (Fsp3) is 0.324. The molecule has 0 aliphatic carbocycles. The van der Waals surface area contributed by atoms with Gasteiger partial charge in [0.1, 0.15) is 17.6 Å². The average Bonchev–Trinajstić information content (AvgIpc) is 3.52. The second kappa shape index (κ2) is 12.8. The Balaban J connectivity index is 1.37. The number of hydrogen-bond donors (Lipinski definition) is 2. The van der Waals surface area contributed by atoms with E-state index >= 15 is 0 Å². The summed E-state index contributed by atoms with van der Waals surface area (Å²) < 4.78 is 15.9. The molecule has 1 atom stereocenters. The fourth-order valence-electron chi connectivity index (χ4n) is 5.96. The van der Waals surface area contributed by atoms with Gasteiger partial charge in [0.2, 0.25) is 0 Å². The first-order valence-corrected chi connectivity index (χ1v) is 15.9. The van der Waals surface area contributed by atoms with E-state index in [4.69, 9.17) is 23.2 Å². The zero-order chi connectivity index (χ0) is 32.6. The fourth-order valence-corrected chi connectivity index (χ4v) is 6.41. The zero-order valence-electron chi connectivity index (χ0n) is 26.0. The molecular formula is C34H34Cl2FN9. The highest BCUT2D eigenvalue weighted by Gasteiger charge is 2.29. The van der Waals surface area contributed by atoms with Crippen LogP contribution >= 0.6 is 23.2 Å². The molecule has 9 nitrogen and oxygen atoms in total. The van der Waals surface area contributed by atoms with Crippen LogP contribution in [0.3, 0.4) is 0 Å². The smallest absolute Gasteiger partial charge is 0.141 e. The minimum atomic E-state index is -0.536. The van der Waals surface area contributed by atoms with Crippen molar-refractivity contribution in [1.82, 2.24) is 29.9 Å². The number of aromatic nitrogens is 5. The highest BCUT2D eigenvalue weighted by Crippen LogP contribution is 2.37. The third kappa shape index (κ3) is 6.49. The summed E-state index contributed by atoms with van der Waals surface area (Å²) >= 11 is 12.8.